The molecule has 3 unspecified atom stereocenters. The summed E-state index contributed by atoms with van der Waals surface area (Å²) in [6.07, 6.45) is 6.84. The average Bonchev–Trinajstić information content (AvgIpc) is 3.05. The summed E-state index contributed by atoms with van der Waals surface area (Å²) in [5.41, 5.74) is 5.82. The monoisotopic (exact) mass is 254 g/mol. The summed E-state index contributed by atoms with van der Waals surface area (Å²) >= 11 is 0. The molecule has 1 aliphatic carbocycles. The van der Waals surface area contributed by atoms with Gasteiger partial charge in [0, 0.05) is 19.2 Å². The van der Waals surface area contributed by atoms with Crippen LogP contribution in [-0.2, 0) is 9.53 Å². The Balaban J connectivity index is 1.88. The highest BCUT2D eigenvalue weighted by atomic mass is 16.5. The number of rotatable bonds is 5. The van der Waals surface area contributed by atoms with Crippen LogP contribution in [-0.4, -0.2) is 31.2 Å². The van der Waals surface area contributed by atoms with E-state index in [-0.39, 0.29) is 24.0 Å². The minimum absolute atomic E-state index is 0.0328. The maximum absolute atomic E-state index is 12.3. The fourth-order valence-corrected chi connectivity index (χ4v) is 3.37. The highest BCUT2D eigenvalue weighted by Crippen LogP contribution is 2.28. The Morgan fingerprint density at radius 3 is 2.72 bits per heavy atom. The van der Waals surface area contributed by atoms with E-state index in [1.807, 2.05) is 0 Å². The molecule has 4 nitrogen and oxygen atoms in total. The van der Waals surface area contributed by atoms with E-state index in [0.29, 0.717) is 19.1 Å². The van der Waals surface area contributed by atoms with Crippen LogP contribution in [0, 0.1) is 11.8 Å². The molecule has 2 rings (SSSR count). The summed E-state index contributed by atoms with van der Waals surface area (Å²) in [6.45, 7) is 3.35. The lowest BCUT2D eigenvalue weighted by Crippen LogP contribution is -2.48. The molecule has 104 valence electrons. The number of nitrogens with two attached hydrogens (primary N) is 1. The first kappa shape index (κ1) is 13.8. The molecule has 0 bridgehead atoms. The third-order valence-electron chi connectivity index (χ3n) is 4.50. The second-order valence-electron chi connectivity index (χ2n) is 5.61. The molecule has 0 aromatic heterocycles. The zero-order valence-electron chi connectivity index (χ0n) is 11.4. The summed E-state index contributed by atoms with van der Waals surface area (Å²) < 4.78 is 5.58. The lowest BCUT2D eigenvalue weighted by atomic mass is 9.94. The van der Waals surface area contributed by atoms with E-state index in [1.54, 1.807) is 0 Å². The zero-order chi connectivity index (χ0) is 13.0. The van der Waals surface area contributed by atoms with Crippen molar-refractivity contribution in [3.8, 4) is 0 Å². The van der Waals surface area contributed by atoms with Gasteiger partial charge in [0.2, 0.25) is 5.91 Å². The Hall–Kier alpha value is -0.610. The number of hydrogen-bond donors (Lipinski definition) is 2. The van der Waals surface area contributed by atoms with Crippen molar-refractivity contribution in [3.63, 3.8) is 0 Å². The highest BCUT2D eigenvalue weighted by molar-refractivity contribution is 5.79. The van der Waals surface area contributed by atoms with E-state index in [9.17, 15) is 4.79 Å². The van der Waals surface area contributed by atoms with Crippen LogP contribution in [0.15, 0.2) is 0 Å². The number of ether oxygens (including phenoxy) is 1. The van der Waals surface area contributed by atoms with E-state index in [1.165, 1.54) is 25.7 Å². The second-order valence-corrected chi connectivity index (χ2v) is 5.61. The van der Waals surface area contributed by atoms with Crippen molar-refractivity contribution in [2.45, 2.75) is 57.6 Å². The van der Waals surface area contributed by atoms with Crippen molar-refractivity contribution in [3.05, 3.63) is 0 Å². The molecule has 1 amide bonds. The number of hydrogen-bond acceptors (Lipinski definition) is 3. The first-order valence-electron chi connectivity index (χ1n) is 7.38. The first-order chi connectivity index (χ1) is 8.76. The van der Waals surface area contributed by atoms with Crippen LogP contribution in [0.2, 0.25) is 0 Å². The van der Waals surface area contributed by atoms with Crippen molar-refractivity contribution in [2.75, 3.05) is 13.2 Å². The standard InChI is InChI=1S/C14H26N2O2/c1-2-13-11(7-8-18-13)14(17)16-12(9-15)10-5-3-4-6-10/h10-13H,2-9,15H2,1H3,(H,16,17). The molecule has 3 atom stereocenters. The Labute approximate surface area is 110 Å². The van der Waals surface area contributed by atoms with Crippen LogP contribution < -0.4 is 11.1 Å². The molecule has 3 N–H and O–H groups in total. The van der Waals surface area contributed by atoms with E-state index < -0.39 is 0 Å². The smallest absolute Gasteiger partial charge is 0.226 e. The SMILES string of the molecule is CCC1OCCC1C(=O)NC(CN)C1CCCC1. The maximum Gasteiger partial charge on any atom is 0.226 e. The van der Waals surface area contributed by atoms with Gasteiger partial charge < -0.3 is 15.8 Å². The van der Waals surface area contributed by atoms with Gasteiger partial charge in [-0.2, -0.15) is 0 Å². The molecule has 2 aliphatic rings. The molecule has 4 heteroatoms. The quantitative estimate of drug-likeness (QED) is 0.780. The Bertz CT molecular complexity index is 277. The van der Waals surface area contributed by atoms with E-state index in [0.717, 1.165) is 12.8 Å². The molecule has 0 aromatic carbocycles. The van der Waals surface area contributed by atoms with Gasteiger partial charge in [0.05, 0.1) is 12.0 Å². The number of carbonyl (C=O) groups excluding carboxylic acids is 1. The van der Waals surface area contributed by atoms with Gasteiger partial charge in [-0.15, -0.1) is 0 Å². The molecule has 18 heavy (non-hydrogen) atoms. The largest absolute Gasteiger partial charge is 0.377 e. The van der Waals surface area contributed by atoms with Crippen molar-refractivity contribution >= 4 is 5.91 Å². The van der Waals surface area contributed by atoms with Gasteiger partial charge in [-0.05, 0) is 31.6 Å². The molecule has 0 spiro atoms. The van der Waals surface area contributed by atoms with Crippen LogP contribution in [0.3, 0.4) is 0 Å². The van der Waals surface area contributed by atoms with E-state index >= 15 is 0 Å². The fourth-order valence-electron chi connectivity index (χ4n) is 3.37. The third-order valence-corrected chi connectivity index (χ3v) is 4.50. The van der Waals surface area contributed by atoms with Gasteiger partial charge in [-0.3, -0.25) is 4.79 Å². The van der Waals surface area contributed by atoms with E-state index in [2.05, 4.69) is 12.2 Å². The van der Waals surface area contributed by atoms with Crippen molar-refractivity contribution in [1.82, 2.24) is 5.32 Å². The summed E-state index contributed by atoms with van der Waals surface area (Å²) in [4.78, 5) is 12.3. The normalized spacial score (nSPS) is 30.6. The Morgan fingerprint density at radius 1 is 1.39 bits per heavy atom. The van der Waals surface area contributed by atoms with Gasteiger partial charge in [0.15, 0.2) is 0 Å². The minimum Gasteiger partial charge on any atom is -0.377 e. The molecule has 0 radical (unpaired) electrons. The third kappa shape index (κ3) is 3.04. The Morgan fingerprint density at radius 2 is 2.11 bits per heavy atom. The zero-order valence-corrected chi connectivity index (χ0v) is 11.4. The van der Waals surface area contributed by atoms with Gasteiger partial charge in [-0.25, -0.2) is 0 Å². The molecule has 1 heterocycles. The lowest BCUT2D eigenvalue weighted by molar-refractivity contribution is -0.127. The summed E-state index contributed by atoms with van der Waals surface area (Å²) in [6, 6.07) is 0.165. The predicted molar refractivity (Wildman–Crippen MR) is 71.1 cm³/mol. The number of nitrogens with one attached hydrogen (secondary N) is 1. The fraction of sp³-hybridized carbons (Fsp3) is 0.929. The summed E-state index contributed by atoms with van der Waals surface area (Å²) in [5, 5.41) is 3.17. The molecular formula is C14H26N2O2. The predicted octanol–water partition coefficient (Wildman–Crippen LogP) is 1.44. The van der Waals surface area contributed by atoms with Crippen molar-refractivity contribution < 1.29 is 9.53 Å². The van der Waals surface area contributed by atoms with Gasteiger partial charge in [0.25, 0.3) is 0 Å². The summed E-state index contributed by atoms with van der Waals surface area (Å²) in [5.74, 6) is 0.772. The molecule has 0 aromatic rings. The molecule has 1 saturated heterocycles. The van der Waals surface area contributed by atoms with Crippen LogP contribution in [0.25, 0.3) is 0 Å². The topological polar surface area (TPSA) is 64.3 Å². The second kappa shape index (κ2) is 6.53. The Kier molecular flexibility index (Phi) is 5.01. The minimum atomic E-state index is 0.0328. The van der Waals surface area contributed by atoms with Gasteiger partial charge in [-0.1, -0.05) is 19.8 Å². The maximum atomic E-state index is 12.3. The molecule has 2 fully saturated rings. The average molecular weight is 254 g/mol. The van der Waals surface area contributed by atoms with Crippen LogP contribution in [0.1, 0.15) is 45.4 Å². The number of carbonyl (C=O) groups is 1. The molecular weight excluding hydrogens is 228 g/mol. The van der Waals surface area contributed by atoms with Crippen molar-refractivity contribution in [2.24, 2.45) is 17.6 Å². The molecule has 1 saturated carbocycles. The van der Waals surface area contributed by atoms with Gasteiger partial charge >= 0.3 is 0 Å². The van der Waals surface area contributed by atoms with Crippen molar-refractivity contribution in [1.29, 1.82) is 0 Å². The van der Waals surface area contributed by atoms with Crippen LogP contribution in [0.5, 0.6) is 0 Å². The van der Waals surface area contributed by atoms with E-state index in [4.69, 9.17) is 10.5 Å². The lowest BCUT2D eigenvalue weighted by Gasteiger charge is -2.26. The number of amides is 1. The first-order valence-corrected chi connectivity index (χ1v) is 7.38. The summed E-state index contributed by atoms with van der Waals surface area (Å²) in [7, 11) is 0. The van der Waals surface area contributed by atoms with Gasteiger partial charge in [0.1, 0.15) is 0 Å². The van der Waals surface area contributed by atoms with Crippen LogP contribution >= 0.6 is 0 Å². The highest BCUT2D eigenvalue weighted by Gasteiger charge is 2.35. The molecule has 1 aliphatic heterocycles. The van der Waals surface area contributed by atoms with Crippen LogP contribution in [0.4, 0.5) is 0 Å².